The summed E-state index contributed by atoms with van der Waals surface area (Å²) in [6.45, 7) is 1.70. The molecule has 3 heterocycles. The van der Waals surface area contributed by atoms with Crippen molar-refractivity contribution in [2.75, 3.05) is 26.2 Å². The zero-order valence-corrected chi connectivity index (χ0v) is 17.5. The molecule has 1 aromatic heterocycles. The monoisotopic (exact) mass is 417 g/mol. The Kier molecular flexibility index (Phi) is 6.34. The van der Waals surface area contributed by atoms with Crippen molar-refractivity contribution < 1.29 is 14.3 Å². The van der Waals surface area contributed by atoms with E-state index in [1.165, 1.54) is 0 Å². The van der Waals surface area contributed by atoms with Crippen LogP contribution in [0, 0.1) is 17.8 Å². The zero-order chi connectivity index (χ0) is 21.7. The molecule has 2 unspecified atom stereocenters. The van der Waals surface area contributed by atoms with Crippen molar-refractivity contribution in [3.05, 3.63) is 54.4 Å². The van der Waals surface area contributed by atoms with Crippen LogP contribution >= 0.6 is 0 Å². The molecule has 31 heavy (non-hydrogen) atoms. The molecule has 1 N–H and O–H groups in total. The van der Waals surface area contributed by atoms with Crippen molar-refractivity contribution in [3.63, 3.8) is 0 Å². The summed E-state index contributed by atoms with van der Waals surface area (Å²) in [7, 11) is 0. The number of rotatable bonds is 6. The van der Waals surface area contributed by atoms with Crippen molar-refractivity contribution in [1.29, 1.82) is 0 Å². The van der Waals surface area contributed by atoms with Gasteiger partial charge in [0.1, 0.15) is 6.10 Å². The summed E-state index contributed by atoms with van der Waals surface area (Å²) in [5, 5.41) is 2.87. The molecule has 160 valence electrons. The van der Waals surface area contributed by atoms with Gasteiger partial charge >= 0.3 is 0 Å². The Labute approximate surface area is 183 Å². The quantitative estimate of drug-likeness (QED) is 0.733. The third-order valence-electron chi connectivity index (χ3n) is 6.22. The number of pyridine rings is 1. The number of ether oxygens (including phenoxy) is 1. The van der Waals surface area contributed by atoms with E-state index in [4.69, 9.17) is 11.2 Å². The lowest BCUT2D eigenvalue weighted by molar-refractivity contribution is -0.141. The van der Waals surface area contributed by atoms with E-state index < -0.39 is 5.41 Å². The fourth-order valence-corrected chi connectivity index (χ4v) is 4.61. The number of terminal acetylenes is 1. The number of carbonyl (C=O) groups excluding carboxylic acids is 2. The highest BCUT2D eigenvalue weighted by Gasteiger charge is 2.47. The van der Waals surface area contributed by atoms with Crippen LogP contribution in [0.4, 0.5) is 0 Å². The van der Waals surface area contributed by atoms with Crippen LogP contribution in [-0.4, -0.2) is 54.0 Å². The number of nitrogens with zero attached hydrogens (tertiary/aromatic N) is 2. The van der Waals surface area contributed by atoms with Gasteiger partial charge < -0.3 is 15.0 Å². The van der Waals surface area contributed by atoms with Gasteiger partial charge in [0.05, 0.1) is 12.0 Å². The van der Waals surface area contributed by atoms with E-state index in [2.05, 4.69) is 16.2 Å². The van der Waals surface area contributed by atoms with Crippen LogP contribution in [0.5, 0.6) is 0 Å². The molecule has 0 bridgehead atoms. The van der Waals surface area contributed by atoms with E-state index in [-0.39, 0.29) is 24.5 Å². The second-order valence-electron chi connectivity index (χ2n) is 8.25. The minimum Gasteiger partial charge on any atom is -0.368 e. The van der Waals surface area contributed by atoms with Crippen LogP contribution in [0.15, 0.2) is 48.8 Å². The average Bonchev–Trinajstić information content (AvgIpc) is 3.49. The Bertz CT molecular complexity index is 979. The molecule has 0 radical (unpaired) electrons. The number of hydrogen-bond acceptors (Lipinski definition) is 4. The van der Waals surface area contributed by atoms with E-state index in [1.54, 1.807) is 11.1 Å². The smallest absolute Gasteiger partial charge is 0.251 e. The fraction of sp³-hybridized carbons (Fsp3) is 0.400. The zero-order valence-electron chi connectivity index (χ0n) is 17.5. The molecule has 2 aliphatic rings. The van der Waals surface area contributed by atoms with Crippen LogP contribution in [0.25, 0.3) is 11.1 Å². The summed E-state index contributed by atoms with van der Waals surface area (Å²) in [5.41, 5.74) is 2.37. The number of carbonyl (C=O) groups is 2. The van der Waals surface area contributed by atoms with Crippen molar-refractivity contribution in [2.45, 2.75) is 31.8 Å². The van der Waals surface area contributed by atoms with Gasteiger partial charge in [0.15, 0.2) is 0 Å². The van der Waals surface area contributed by atoms with Gasteiger partial charge in [0.25, 0.3) is 5.91 Å². The molecule has 6 nitrogen and oxygen atoms in total. The van der Waals surface area contributed by atoms with Crippen molar-refractivity contribution in [2.24, 2.45) is 5.41 Å². The predicted molar refractivity (Wildman–Crippen MR) is 118 cm³/mol. The molecule has 4 rings (SSSR count). The first-order valence-corrected chi connectivity index (χ1v) is 10.7. The van der Waals surface area contributed by atoms with Crippen LogP contribution in [0.1, 0.15) is 24.8 Å². The molecule has 2 aliphatic heterocycles. The Morgan fingerprint density at radius 3 is 2.90 bits per heavy atom. The minimum atomic E-state index is -0.733. The van der Waals surface area contributed by atoms with E-state index in [1.807, 2.05) is 42.6 Å². The Morgan fingerprint density at radius 1 is 1.29 bits per heavy atom. The third kappa shape index (κ3) is 4.47. The molecule has 2 saturated heterocycles. The first kappa shape index (κ1) is 21.1. The van der Waals surface area contributed by atoms with Crippen LogP contribution in [-0.2, 0) is 20.7 Å². The molecule has 1 aromatic carbocycles. The third-order valence-corrected chi connectivity index (χ3v) is 6.22. The topological polar surface area (TPSA) is 71.5 Å². The van der Waals surface area contributed by atoms with Gasteiger partial charge in [-0.05, 0) is 42.9 Å². The molecule has 0 saturated carbocycles. The standard InChI is InChI=1S/C25H27N3O3/c1-2-12-27-24(30)25(11-14-28(18-25)23(29)22-10-6-15-31-22)16-19-7-3-4-9-21(19)20-8-5-13-26-17-20/h1,3-5,7-9,13,17,22H,6,10-12,14-16,18H2,(H,27,30). The Hall–Kier alpha value is -3.17. The first-order chi connectivity index (χ1) is 15.1. The molecule has 2 amide bonds. The number of aromatic nitrogens is 1. The van der Waals surface area contributed by atoms with Gasteiger partial charge in [-0.2, -0.15) is 0 Å². The maximum atomic E-state index is 13.3. The van der Waals surface area contributed by atoms with Gasteiger partial charge in [-0.15, -0.1) is 6.42 Å². The second-order valence-corrected chi connectivity index (χ2v) is 8.25. The number of nitrogens with one attached hydrogen (secondary N) is 1. The van der Waals surface area contributed by atoms with Crippen molar-refractivity contribution >= 4 is 11.8 Å². The summed E-state index contributed by atoms with van der Waals surface area (Å²) in [6, 6.07) is 12.0. The van der Waals surface area contributed by atoms with E-state index in [9.17, 15) is 9.59 Å². The Morgan fingerprint density at radius 2 is 2.16 bits per heavy atom. The summed E-state index contributed by atoms with van der Waals surface area (Å²) >= 11 is 0. The molecule has 2 aromatic rings. The average molecular weight is 418 g/mol. The van der Waals surface area contributed by atoms with E-state index >= 15 is 0 Å². The molecule has 2 atom stereocenters. The lowest BCUT2D eigenvalue weighted by Gasteiger charge is -2.29. The van der Waals surface area contributed by atoms with E-state index in [0.717, 1.165) is 29.5 Å². The molecular formula is C25H27N3O3. The highest BCUT2D eigenvalue weighted by Crippen LogP contribution is 2.38. The van der Waals surface area contributed by atoms with Gasteiger partial charge in [-0.25, -0.2) is 0 Å². The highest BCUT2D eigenvalue weighted by atomic mass is 16.5. The number of hydrogen-bond donors (Lipinski definition) is 1. The number of likely N-dealkylation sites (tertiary alicyclic amines) is 1. The SMILES string of the molecule is C#CCNC(=O)C1(Cc2ccccc2-c2cccnc2)CCN(C(=O)C2CCCO2)C1. The maximum Gasteiger partial charge on any atom is 0.251 e. The molecule has 6 heteroatoms. The molecule has 0 spiro atoms. The Balaban J connectivity index is 1.62. The predicted octanol–water partition coefficient (Wildman–Crippen LogP) is 2.44. The number of amides is 2. The van der Waals surface area contributed by atoms with Crippen molar-refractivity contribution in [3.8, 4) is 23.5 Å². The molecule has 2 fully saturated rings. The lowest BCUT2D eigenvalue weighted by Crippen LogP contribution is -2.46. The second kappa shape index (κ2) is 9.32. The largest absolute Gasteiger partial charge is 0.368 e. The van der Waals surface area contributed by atoms with Gasteiger partial charge in [-0.1, -0.05) is 36.3 Å². The lowest BCUT2D eigenvalue weighted by atomic mass is 9.78. The number of benzene rings is 1. The van der Waals surface area contributed by atoms with Gasteiger partial charge in [0.2, 0.25) is 5.91 Å². The first-order valence-electron chi connectivity index (χ1n) is 10.7. The summed E-state index contributed by atoms with van der Waals surface area (Å²) < 4.78 is 5.59. The van der Waals surface area contributed by atoms with Gasteiger partial charge in [-0.3, -0.25) is 14.6 Å². The minimum absolute atomic E-state index is 0.00957. The van der Waals surface area contributed by atoms with Crippen LogP contribution in [0.2, 0.25) is 0 Å². The fourth-order valence-electron chi connectivity index (χ4n) is 4.61. The van der Waals surface area contributed by atoms with Crippen LogP contribution < -0.4 is 5.32 Å². The maximum absolute atomic E-state index is 13.3. The van der Waals surface area contributed by atoms with Crippen molar-refractivity contribution in [1.82, 2.24) is 15.2 Å². The molecule has 0 aliphatic carbocycles. The van der Waals surface area contributed by atoms with Gasteiger partial charge in [0, 0.05) is 37.7 Å². The normalized spacial score (nSPS) is 22.8. The van der Waals surface area contributed by atoms with E-state index in [0.29, 0.717) is 32.5 Å². The highest BCUT2D eigenvalue weighted by molar-refractivity contribution is 5.87. The summed E-state index contributed by atoms with van der Waals surface area (Å²) in [4.78, 5) is 32.2. The summed E-state index contributed by atoms with van der Waals surface area (Å²) in [6.07, 6.45) is 11.3. The molecular weight excluding hydrogens is 390 g/mol. The van der Waals surface area contributed by atoms with Crippen LogP contribution in [0.3, 0.4) is 0 Å². The summed E-state index contributed by atoms with van der Waals surface area (Å²) in [5.74, 6) is 2.37.